The molecule has 3 nitrogen and oxygen atoms in total. The summed E-state index contributed by atoms with van der Waals surface area (Å²) in [5.41, 5.74) is 6.87. The minimum Gasteiger partial charge on any atom is -0.282 e. The van der Waals surface area contributed by atoms with E-state index in [1.165, 1.54) is 21.9 Å². The summed E-state index contributed by atoms with van der Waals surface area (Å²) >= 11 is 0. The third kappa shape index (κ3) is 2.67. The normalized spacial score (nSPS) is 15.1. The van der Waals surface area contributed by atoms with Gasteiger partial charge in [-0.05, 0) is 43.3 Å². The third-order valence-electron chi connectivity index (χ3n) is 4.07. The van der Waals surface area contributed by atoms with Gasteiger partial charge in [0.15, 0.2) is 0 Å². The van der Waals surface area contributed by atoms with Gasteiger partial charge in [0.1, 0.15) is 6.23 Å². The molecule has 0 saturated heterocycles. The first-order valence-electron chi connectivity index (χ1n) is 7.50. The summed E-state index contributed by atoms with van der Waals surface area (Å²) in [6.45, 7) is 2.12. The molecule has 2 aromatic rings. The summed E-state index contributed by atoms with van der Waals surface area (Å²) in [7, 11) is 4.06. The number of fused-ring (bicyclic) bond motifs is 3. The van der Waals surface area contributed by atoms with Crippen molar-refractivity contribution >= 4 is 16.5 Å². The van der Waals surface area contributed by atoms with Gasteiger partial charge in [0, 0.05) is 5.56 Å². The van der Waals surface area contributed by atoms with E-state index in [9.17, 15) is 0 Å². The van der Waals surface area contributed by atoms with Crippen molar-refractivity contribution in [1.82, 2.24) is 10.4 Å². The van der Waals surface area contributed by atoms with Crippen LogP contribution in [-0.2, 0) is 11.3 Å². The Morgan fingerprint density at radius 2 is 2.00 bits per heavy atom. The van der Waals surface area contributed by atoms with Gasteiger partial charge in [-0.15, -0.1) is 0 Å². The van der Waals surface area contributed by atoms with Gasteiger partial charge >= 0.3 is 0 Å². The van der Waals surface area contributed by atoms with Gasteiger partial charge in [-0.1, -0.05) is 49.4 Å². The predicted molar refractivity (Wildman–Crippen MR) is 87.6 cm³/mol. The number of rotatable bonds is 5. The highest BCUT2D eigenvalue weighted by Crippen LogP contribution is 2.32. The van der Waals surface area contributed by atoms with Gasteiger partial charge in [-0.3, -0.25) is 15.2 Å². The number of hydrogen-bond donors (Lipinski definition) is 1. The lowest BCUT2D eigenvalue weighted by atomic mass is 10.00. The van der Waals surface area contributed by atoms with Crippen molar-refractivity contribution in [3.63, 3.8) is 0 Å². The minimum absolute atomic E-state index is 0.0791. The van der Waals surface area contributed by atoms with Gasteiger partial charge in [0.25, 0.3) is 0 Å². The summed E-state index contributed by atoms with van der Waals surface area (Å²) in [6, 6.07) is 12.9. The van der Waals surface area contributed by atoms with Crippen molar-refractivity contribution in [2.24, 2.45) is 0 Å². The molecule has 0 aromatic heterocycles. The Hall–Kier alpha value is -1.84. The molecule has 1 atom stereocenters. The number of nitrogens with one attached hydrogen (secondary N) is 1. The Balaban J connectivity index is 1.82. The van der Waals surface area contributed by atoms with E-state index < -0.39 is 0 Å². The zero-order chi connectivity index (χ0) is 14.8. The highest BCUT2D eigenvalue weighted by molar-refractivity contribution is 5.92. The number of hydrogen-bond acceptors (Lipinski definition) is 3. The zero-order valence-corrected chi connectivity index (χ0v) is 12.9. The quantitative estimate of drug-likeness (QED) is 0.670. The van der Waals surface area contributed by atoms with Crippen molar-refractivity contribution in [3.8, 4) is 0 Å². The van der Waals surface area contributed by atoms with Crippen molar-refractivity contribution in [2.75, 3.05) is 14.1 Å². The Morgan fingerprint density at radius 3 is 2.76 bits per heavy atom. The lowest BCUT2D eigenvalue weighted by Gasteiger charge is -2.23. The van der Waals surface area contributed by atoms with Crippen LogP contribution in [0.15, 0.2) is 42.5 Å². The van der Waals surface area contributed by atoms with Crippen LogP contribution in [0.25, 0.3) is 16.5 Å². The first-order valence-corrected chi connectivity index (χ1v) is 7.50. The fraction of sp³-hybridized carbons (Fsp3) is 0.333. The number of nitrogens with zero attached hydrogens (tertiary/aromatic N) is 1. The highest BCUT2D eigenvalue weighted by Gasteiger charge is 2.18. The fourth-order valence-electron chi connectivity index (χ4n) is 2.90. The second-order valence-corrected chi connectivity index (χ2v) is 5.68. The molecule has 0 amide bonds. The van der Waals surface area contributed by atoms with Crippen molar-refractivity contribution in [3.05, 3.63) is 53.6 Å². The maximum atomic E-state index is 5.81. The Kier molecular flexibility index (Phi) is 3.95. The van der Waals surface area contributed by atoms with E-state index >= 15 is 0 Å². The standard InChI is InChI=1S/C18H22N2O/c1-4-18(20(2)3)21-19-17-12-11-15-14-8-6-5-7-13(14)9-10-16(15)17/h5-10,12,18-19H,4,11H2,1-3H3. The maximum Gasteiger partial charge on any atom is 0.137 e. The molecule has 0 radical (unpaired) electrons. The van der Waals surface area contributed by atoms with Crippen molar-refractivity contribution in [1.29, 1.82) is 0 Å². The van der Waals surface area contributed by atoms with E-state index in [0.29, 0.717) is 0 Å². The van der Waals surface area contributed by atoms with Crippen LogP contribution in [0.4, 0.5) is 0 Å². The second kappa shape index (κ2) is 5.88. The summed E-state index contributed by atoms with van der Waals surface area (Å²) < 4.78 is 0. The van der Waals surface area contributed by atoms with E-state index in [1.54, 1.807) is 0 Å². The molecular weight excluding hydrogens is 260 g/mol. The van der Waals surface area contributed by atoms with Gasteiger partial charge in [0.05, 0.1) is 5.70 Å². The molecule has 1 unspecified atom stereocenters. The molecule has 0 heterocycles. The van der Waals surface area contributed by atoms with Crippen LogP contribution in [-0.4, -0.2) is 25.2 Å². The van der Waals surface area contributed by atoms with Gasteiger partial charge in [0.2, 0.25) is 0 Å². The Morgan fingerprint density at radius 1 is 1.19 bits per heavy atom. The molecule has 21 heavy (non-hydrogen) atoms. The third-order valence-corrected chi connectivity index (χ3v) is 4.07. The molecule has 3 heteroatoms. The maximum absolute atomic E-state index is 5.81. The van der Waals surface area contributed by atoms with Crippen LogP contribution in [0.2, 0.25) is 0 Å². The number of benzene rings is 2. The van der Waals surface area contributed by atoms with Crippen LogP contribution in [0.3, 0.4) is 0 Å². The van der Waals surface area contributed by atoms with Gasteiger partial charge in [-0.25, -0.2) is 0 Å². The smallest absolute Gasteiger partial charge is 0.137 e. The highest BCUT2D eigenvalue weighted by atomic mass is 16.7. The second-order valence-electron chi connectivity index (χ2n) is 5.68. The molecule has 1 N–H and O–H groups in total. The molecule has 0 bridgehead atoms. The molecule has 1 aliphatic rings. The van der Waals surface area contributed by atoms with Crippen LogP contribution in [0.1, 0.15) is 24.5 Å². The van der Waals surface area contributed by atoms with Crippen LogP contribution in [0.5, 0.6) is 0 Å². The van der Waals surface area contributed by atoms with Crippen LogP contribution < -0.4 is 5.48 Å². The Bertz CT molecular complexity index is 676. The predicted octanol–water partition coefficient (Wildman–Crippen LogP) is 3.56. The largest absolute Gasteiger partial charge is 0.282 e. The van der Waals surface area contributed by atoms with Crippen molar-refractivity contribution < 1.29 is 4.84 Å². The molecule has 0 fully saturated rings. The summed E-state index contributed by atoms with van der Waals surface area (Å²) in [5.74, 6) is 0. The first-order chi connectivity index (χ1) is 10.2. The molecule has 0 aliphatic heterocycles. The molecule has 0 saturated carbocycles. The monoisotopic (exact) mass is 282 g/mol. The number of allylic oxidation sites excluding steroid dienone is 1. The number of hydroxylamine groups is 1. The van der Waals surface area contributed by atoms with Gasteiger partial charge < -0.3 is 0 Å². The SMILES string of the molecule is CCC(ONC1=CCc2c1ccc1ccccc21)N(C)C. The average molecular weight is 282 g/mol. The van der Waals surface area contributed by atoms with Crippen molar-refractivity contribution in [2.45, 2.75) is 26.0 Å². The minimum atomic E-state index is 0.0791. The molecule has 3 rings (SSSR count). The summed E-state index contributed by atoms with van der Waals surface area (Å²) in [6.07, 6.45) is 4.19. The molecule has 110 valence electrons. The average Bonchev–Trinajstić information content (AvgIpc) is 2.91. The lowest BCUT2D eigenvalue weighted by molar-refractivity contribution is -0.0738. The van der Waals surface area contributed by atoms with E-state index in [2.05, 4.69) is 59.8 Å². The van der Waals surface area contributed by atoms with Crippen LogP contribution >= 0.6 is 0 Å². The fourth-order valence-corrected chi connectivity index (χ4v) is 2.90. The lowest BCUT2D eigenvalue weighted by Crippen LogP contribution is -2.34. The van der Waals surface area contributed by atoms with Gasteiger partial charge in [-0.2, -0.15) is 0 Å². The molecule has 0 spiro atoms. The molecule has 2 aromatic carbocycles. The zero-order valence-electron chi connectivity index (χ0n) is 12.9. The molecule has 1 aliphatic carbocycles. The van der Waals surface area contributed by atoms with E-state index in [-0.39, 0.29) is 6.23 Å². The van der Waals surface area contributed by atoms with E-state index in [4.69, 9.17) is 4.84 Å². The summed E-state index contributed by atoms with van der Waals surface area (Å²) in [5, 5.41) is 2.63. The summed E-state index contributed by atoms with van der Waals surface area (Å²) in [4.78, 5) is 7.89. The first kappa shape index (κ1) is 14.1. The van der Waals surface area contributed by atoms with E-state index in [1.807, 2.05) is 14.1 Å². The topological polar surface area (TPSA) is 24.5 Å². The van der Waals surface area contributed by atoms with E-state index in [0.717, 1.165) is 18.5 Å². The molecular formula is C18H22N2O. The van der Waals surface area contributed by atoms with Crippen LogP contribution in [0, 0.1) is 0 Å². The Labute approximate surface area is 126 Å².